The van der Waals surface area contributed by atoms with E-state index in [1.807, 2.05) is 0 Å². The molecule has 1 aromatic heterocycles. The molecule has 0 unspecified atom stereocenters. The number of aromatic nitrogens is 2. The number of hydrogen-bond acceptors (Lipinski definition) is 5. The van der Waals surface area contributed by atoms with Crippen LogP contribution in [0.1, 0.15) is 36.0 Å². The predicted octanol–water partition coefficient (Wildman–Crippen LogP) is 1.49. The van der Waals surface area contributed by atoms with Gasteiger partial charge in [0.1, 0.15) is 17.7 Å². The lowest BCUT2D eigenvalue weighted by Gasteiger charge is -2.36. The fraction of sp³-hybridized carbons (Fsp3) is 0.688. The number of fused-ring (bicyclic) bond motifs is 4. The number of anilines is 1. The smallest absolute Gasteiger partial charge is 0.341 e. The van der Waals surface area contributed by atoms with E-state index in [4.69, 9.17) is 0 Å². The highest BCUT2D eigenvalue weighted by Crippen LogP contribution is 2.35. The zero-order chi connectivity index (χ0) is 15.1. The van der Waals surface area contributed by atoms with Crippen molar-refractivity contribution in [2.75, 3.05) is 31.1 Å². The van der Waals surface area contributed by atoms with Crippen molar-refractivity contribution >= 4 is 11.8 Å². The van der Waals surface area contributed by atoms with Gasteiger partial charge in [0.2, 0.25) is 0 Å². The molecule has 4 fully saturated rings. The van der Waals surface area contributed by atoms with Crippen molar-refractivity contribution in [3.63, 3.8) is 0 Å². The van der Waals surface area contributed by atoms with Gasteiger partial charge in [-0.1, -0.05) is 0 Å². The molecular formula is C16H22N4O2. The van der Waals surface area contributed by atoms with E-state index in [1.165, 1.54) is 44.8 Å². The van der Waals surface area contributed by atoms with Gasteiger partial charge in [0.15, 0.2) is 0 Å². The Labute approximate surface area is 130 Å². The minimum Gasteiger partial charge on any atom is -0.477 e. The van der Waals surface area contributed by atoms with E-state index < -0.39 is 5.97 Å². The van der Waals surface area contributed by atoms with Gasteiger partial charge in [-0.2, -0.15) is 0 Å². The van der Waals surface area contributed by atoms with Gasteiger partial charge in [-0.05, 0) is 37.5 Å². The van der Waals surface area contributed by atoms with Gasteiger partial charge in [-0.15, -0.1) is 0 Å². The maximum Gasteiger partial charge on any atom is 0.341 e. The molecule has 3 saturated heterocycles. The molecule has 4 aliphatic rings. The van der Waals surface area contributed by atoms with Crippen LogP contribution in [0, 0.1) is 11.8 Å². The Kier molecular flexibility index (Phi) is 3.48. The highest BCUT2D eigenvalue weighted by atomic mass is 16.4. The summed E-state index contributed by atoms with van der Waals surface area (Å²) >= 11 is 0. The van der Waals surface area contributed by atoms with E-state index in [9.17, 15) is 9.90 Å². The Morgan fingerprint density at radius 1 is 1.23 bits per heavy atom. The number of aromatic carboxylic acids is 1. The lowest BCUT2D eigenvalue weighted by atomic mass is 9.95. The molecule has 22 heavy (non-hydrogen) atoms. The molecule has 0 amide bonds. The van der Waals surface area contributed by atoms with Crippen LogP contribution in [0.5, 0.6) is 0 Å². The first-order valence-corrected chi connectivity index (χ1v) is 8.23. The molecule has 6 nitrogen and oxygen atoms in total. The van der Waals surface area contributed by atoms with E-state index in [2.05, 4.69) is 19.8 Å². The van der Waals surface area contributed by atoms with Gasteiger partial charge in [0, 0.05) is 38.4 Å². The molecular weight excluding hydrogens is 280 g/mol. The average molecular weight is 302 g/mol. The average Bonchev–Trinajstić information content (AvgIpc) is 3.34. The first-order valence-electron chi connectivity index (χ1n) is 8.23. The van der Waals surface area contributed by atoms with Crippen molar-refractivity contribution in [1.29, 1.82) is 0 Å². The maximum absolute atomic E-state index is 11.4. The van der Waals surface area contributed by atoms with E-state index in [1.54, 1.807) is 0 Å². The Balaban J connectivity index is 1.58. The molecule has 1 aromatic rings. The number of carbonyl (C=O) groups is 1. The number of hydrogen-bond donors (Lipinski definition) is 1. The molecule has 1 saturated carbocycles. The number of rotatable bonds is 4. The first kappa shape index (κ1) is 13.9. The summed E-state index contributed by atoms with van der Waals surface area (Å²) in [6.07, 6.45) is 8.10. The molecule has 2 bridgehead atoms. The first-order chi connectivity index (χ1) is 10.7. The Morgan fingerprint density at radius 2 is 2.09 bits per heavy atom. The van der Waals surface area contributed by atoms with Crippen molar-refractivity contribution < 1.29 is 9.90 Å². The number of piperidine rings is 1. The van der Waals surface area contributed by atoms with Crippen LogP contribution in [0.15, 0.2) is 12.5 Å². The van der Waals surface area contributed by atoms with Gasteiger partial charge in [-0.25, -0.2) is 14.8 Å². The topological polar surface area (TPSA) is 69.6 Å². The fourth-order valence-electron chi connectivity index (χ4n) is 3.93. The summed E-state index contributed by atoms with van der Waals surface area (Å²) in [6.45, 7) is 4.19. The van der Waals surface area contributed by atoms with Crippen LogP contribution < -0.4 is 4.90 Å². The summed E-state index contributed by atoms with van der Waals surface area (Å²) in [5.41, 5.74) is 0.220. The molecule has 0 radical (unpaired) electrons. The zero-order valence-corrected chi connectivity index (χ0v) is 12.7. The Bertz CT molecular complexity index is 575. The van der Waals surface area contributed by atoms with E-state index in [0.29, 0.717) is 17.8 Å². The highest BCUT2D eigenvalue weighted by Gasteiger charge is 2.38. The van der Waals surface area contributed by atoms with Crippen LogP contribution in [0.2, 0.25) is 0 Å². The summed E-state index contributed by atoms with van der Waals surface area (Å²) in [6, 6.07) is 0.538. The zero-order valence-electron chi connectivity index (χ0n) is 12.7. The van der Waals surface area contributed by atoms with Crippen LogP contribution in [-0.2, 0) is 0 Å². The molecule has 5 rings (SSSR count). The third kappa shape index (κ3) is 2.67. The van der Waals surface area contributed by atoms with E-state index >= 15 is 0 Å². The molecule has 2 atom stereocenters. The van der Waals surface area contributed by atoms with Crippen LogP contribution in [0.3, 0.4) is 0 Å². The normalized spacial score (nSPS) is 28.6. The SMILES string of the molecule is O=C(O)c1cncnc1N1C[C@@H]2CC[C@H](C1)N(CC1CC1)C2. The van der Waals surface area contributed by atoms with Crippen molar-refractivity contribution in [3.8, 4) is 0 Å². The number of nitrogens with zero attached hydrogens (tertiary/aromatic N) is 4. The molecule has 6 heteroatoms. The molecule has 4 heterocycles. The lowest BCUT2D eigenvalue weighted by molar-refractivity contribution is 0.0696. The van der Waals surface area contributed by atoms with Gasteiger partial charge in [-0.3, -0.25) is 4.90 Å². The summed E-state index contributed by atoms with van der Waals surface area (Å²) in [5, 5.41) is 9.38. The number of carboxylic acid groups (broad SMARTS) is 1. The van der Waals surface area contributed by atoms with Crippen LogP contribution in [-0.4, -0.2) is 58.2 Å². The largest absolute Gasteiger partial charge is 0.477 e. The van der Waals surface area contributed by atoms with Gasteiger partial charge < -0.3 is 10.0 Å². The molecule has 118 valence electrons. The standard InChI is InChI=1S/C16H22N4O2/c21-16(22)14-5-17-10-18-15(14)20-8-12-3-4-13(9-20)19(7-12)6-11-1-2-11/h5,10-13H,1-4,6-9H2,(H,21,22)/t12-,13-/m1/s1. The minimum atomic E-state index is -0.943. The molecule has 0 aromatic carbocycles. The summed E-state index contributed by atoms with van der Waals surface area (Å²) in [7, 11) is 0. The summed E-state index contributed by atoms with van der Waals surface area (Å²) in [5.74, 6) is 1.17. The van der Waals surface area contributed by atoms with Crippen molar-refractivity contribution in [3.05, 3.63) is 18.1 Å². The second-order valence-corrected chi connectivity index (χ2v) is 6.96. The van der Waals surface area contributed by atoms with Crippen LogP contribution in [0.25, 0.3) is 0 Å². The summed E-state index contributed by atoms with van der Waals surface area (Å²) < 4.78 is 0. The van der Waals surface area contributed by atoms with E-state index in [0.717, 1.165) is 25.6 Å². The number of carboxylic acids is 1. The van der Waals surface area contributed by atoms with Gasteiger partial charge in [0.25, 0.3) is 0 Å². The second kappa shape index (κ2) is 5.50. The fourth-order valence-corrected chi connectivity index (χ4v) is 3.93. The van der Waals surface area contributed by atoms with Crippen LogP contribution >= 0.6 is 0 Å². The monoisotopic (exact) mass is 302 g/mol. The highest BCUT2D eigenvalue weighted by molar-refractivity contribution is 5.92. The molecule has 1 N–H and O–H groups in total. The van der Waals surface area contributed by atoms with Gasteiger partial charge >= 0.3 is 5.97 Å². The van der Waals surface area contributed by atoms with Crippen LogP contribution in [0.4, 0.5) is 5.82 Å². The Morgan fingerprint density at radius 3 is 2.86 bits per heavy atom. The minimum absolute atomic E-state index is 0.220. The predicted molar refractivity (Wildman–Crippen MR) is 82.0 cm³/mol. The maximum atomic E-state index is 11.4. The second-order valence-electron chi connectivity index (χ2n) is 6.96. The molecule has 0 spiro atoms. The van der Waals surface area contributed by atoms with E-state index in [-0.39, 0.29) is 5.56 Å². The van der Waals surface area contributed by atoms with Crippen molar-refractivity contribution in [1.82, 2.24) is 14.9 Å². The third-order valence-electron chi connectivity index (χ3n) is 5.24. The van der Waals surface area contributed by atoms with Crippen molar-refractivity contribution in [2.24, 2.45) is 11.8 Å². The Hall–Kier alpha value is -1.69. The third-order valence-corrected chi connectivity index (χ3v) is 5.24. The molecule has 3 aliphatic heterocycles. The lowest BCUT2D eigenvalue weighted by Crippen LogP contribution is -2.45. The van der Waals surface area contributed by atoms with Gasteiger partial charge in [0.05, 0.1) is 0 Å². The molecule has 1 aliphatic carbocycles. The van der Waals surface area contributed by atoms with Crippen molar-refractivity contribution in [2.45, 2.75) is 31.7 Å². The quantitative estimate of drug-likeness (QED) is 0.908. The summed E-state index contributed by atoms with van der Waals surface area (Å²) in [4.78, 5) is 24.4.